The normalized spacial score (nSPS) is 11.8. The number of nitrogens with zero attached hydrogens (tertiary/aromatic N) is 3. The number of hydrazone groups is 1. The summed E-state index contributed by atoms with van der Waals surface area (Å²) in [6, 6.07) is 6.06. The molecule has 22 heavy (non-hydrogen) atoms. The largest absolute Gasteiger partial charge is 0.497 e. The Morgan fingerprint density at radius 1 is 1.36 bits per heavy atom. The van der Waals surface area contributed by atoms with Gasteiger partial charge in [0.2, 0.25) is 0 Å². The molecule has 1 N–H and O–H groups in total. The van der Waals surface area contributed by atoms with Gasteiger partial charge in [0, 0.05) is 18.3 Å². The number of nitrogens with one attached hydrogen (secondary N) is 1. The molecule has 118 valence electrons. The van der Waals surface area contributed by atoms with Crippen LogP contribution in [0.5, 0.6) is 5.75 Å². The number of hydrogen-bond donors (Lipinski definition) is 1. The average Bonchev–Trinajstić information content (AvgIpc) is 2.87. The Morgan fingerprint density at radius 3 is 2.59 bits per heavy atom. The van der Waals surface area contributed by atoms with Gasteiger partial charge in [-0.05, 0) is 38.1 Å². The predicted octanol–water partition coefficient (Wildman–Crippen LogP) is 1.53. The zero-order valence-electron chi connectivity index (χ0n) is 12.6. The second kappa shape index (κ2) is 6.61. The van der Waals surface area contributed by atoms with Crippen molar-refractivity contribution in [3.05, 3.63) is 41.7 Å². The highest BCUT2D eigenvalue weighted by Crippen LogP contribution is 2.15. The molecule has 0 saturated heterocycles. The summed E-state index contributed by atoms with van der Waals surface area (Å²) < 4.78 is 30.9. The Bertz CT molecular complexity index is 764. The highest BCUT2D eigenvalue weighted by atomic mass is 32.2. The van der Waals surface area contributed by atoms with Crippen LogP contribution in [0.4, 0.5) is 0 Å². The molecule has 0 aliphatic rings. The molecule has 0 fully saturated rings. The van der Waals surface area contributed by atoms with Gasteiger partial charge in [-0.1, -0.05) is 0 Å². The van der Waals surface area contributed by atoms with Crippen LogP contribution in [0.15, 0.2) is 40.5 Å². The molecular formula is C14H18N4O3S. The van der Waals surface area contributed by atoms with Gasteiger partial charge in [0.15, 0.2) is 0 Å². The van der Waals surface area contributed by atoms with Crippen molar-refractivity contribution in [3.63, 3.8) is 0 Å². The first-order valence-electron chi connectivity index (χ1n) is 6.69. The quantitative estimate of drug-likeness (QED) is 0.645. The highest BCUT2D eigenvalue weighted by molar-refractivity contribution is 7.89. The van der Waals surface area contributed by atoms with E-state index >= 15 is 0 Å². The van der Waals surface area contributed by atoms with Crippen LogP contribution in [0.3, 0.4) is 0 Å². The van der Waals surface area contributed by atoms with Crippen molar-refractivity contribution in [2.24, 2.45) is 5.10 Å². The van der Waals surface area contributed by atoms with Gasteiger partial charge in [-0.2, -0.15) is 18.6 Å². The molecule has 7 nitrogen and oxygen atoms in total. The molecule has 2 rings (SSSR count). The monoisotopic (exact) mass is 322 g/mol. The van der Waals surface area contributed by atoms with Gasteiger partial charge < -0.3 is 4.74 Å². The number of aryl methyl sites for hydroxylation is 2. The fourth-order valence-electron chi connectivity index (χ4n) is 1.79. The summed E-state index contributed by atoms with van der Waals surface area (Å²) in [5.41, 5.74) is 1.55. The first-order chi connectivity index (χ1) is 10.5. The van der Waals surface area contributed by atoms with Gasteiger partial charge >= 0.3 is 0 Å². The maximum absolute atomic E-state index is 12.1. The lowest BCUT2D eigenvalue weighted by Crippen LogP contribution is -2.18. The number of rotatable bonds is 6. The van der Waals surface area contributed by atoms with Crippen molar-refractivity contribution in [1.82, 2.24) is 14.6 Å². The molecule has 1 aromatic carbocycles. The second-order valence-corrected chi connectivity index (χ2v) is 6.21. The molecule has 0 bridgehead atoms. The molecular weight excluding hydrogens is 304 g/mol. The van der Waals surface area contributed by atoms with Crippen molar-refractivity contribution in [2.75, 3.05) is 7.11 Å². The minimum Gasteiger partial charge on any atom is -0.497 e. The molecule has 0 saturated carbocycles. The molecule has 0 amide bonds. The lowest BCUT2D eigenvalue weighted by atomic mass is 10.3. The number of benzene rings is 1. The summed E-state index contributed by atoms with van der Waals surface area (Å²) in [6.07, 6.45) is 3.25. The zero-order valence-corrected chi connectivity index (χ0v) is 13.5. The van der Waals surface area contributed by atoms with Gasteiger partial charge in [-0.25, -0.2) is 4.83 Å². The van der Waals surface area contributed by atoms with Crippen LogP contribution in [-0.4, -0.2) is 31.5 Å². The molecule has 0 atom stereocenters. The van der Waals surface area contributed by atoms with Crippen molar-refractivity contribution in [3.8, 4) is 5.75 Å². The van der Waals surface area contributed by atoms with Crippen LogP contribution < -0.4 is 9.57 Å². The Labute approximate surface area is 129 Å². The van der Waals surface area contributed by atoms with Gasteiger partial charge in [0.25, 0.3) is 10.0 Å². The third kappa shape index (κ3) is 3.64. The molecule has 0 spiro atoms. The van der Waals surface area contributed by atoms with E-state index in [9.17, 15) is 8.42 Å². The van der Waals surface area contributed by atoms with E-state index in [4.69, 9.17) is 4.74 Å². The van der Waals surface area contributed by atoms with Gasteiger partial charge in [0.1, 0.15) is 5.75 Å². The van der Waals surface area contributed by atoms with Crippen LogP contribution >= 0.6 is 0 Å². The van der Waals surface area contributed by atoms with Gasteiger partial charge in [-0.15, -0.1) is 0 Å². The molecule has 1 aromatic heterocycles. The van der Waals surface area contributed by atoms with E-state index in [0.29, 0.717) is 5.75 Å². The maximum Gasteiger partial charge on any atom is 0.276 e. The van der Waals surface area contributed by atoms with Crippen molar-refractivity contribution in [1.29, 1.82) is 0 Å². The standard InChI is InChI=1S/C14H18N4O3S/c1-4-18-10-12(11(2)16-18)9-15-17-22(19,20)14-7-5-13(21-3)6-8-14/h5-10,17H,4H2,1-3H3/b15-9-. The summed E-state index contributed by atoms with van der Waals surface area (Å²) in [5, 5.41) is 8.05. The Kier molecular flexibility index (Phi) is 4.81. The molecule has 1 heterocycles. The third-order valence-corrected chi connectivity index (χ3v) is 4.29. The third-order valence-electron chi connectivity index (χ3n) is 3.05. The molecule has 8 heteroatoms. The van der Waals surface area contributed by atoms with E-state index in [1.165, 1.54) is 25.5 Å². The summed E-state index contributed by atoms with van der Waals surface area (Å²) in [5.74, 6) is 0.588. The summed E-state index contributed by atoms with van der Waals surface area (Å²) in [6.45, 7) is 4.55. The number of methoxy groups -OCH3 is 1. The van der Waals surface area contributed by atoms with E-state index in [-0.39, 0.29) is 4.90 Å². The Morgan fingerprint density at radius 2 is 2.05 bits per heavy atom. The maximum atomic E-state index is 12.1. The smallest absolute Gasteiger partial charge is 0.276 e. The number of ether oxygens (including phenoxy) is 1. The fourth-order valence-corrected chi connectivity index (χ4v) is 2.59. The lowest BCUT2D eigenvalue weighted by molar-refractivity contribution is 0.414. The van der Waals surface area contributed by atoms with Crippen molar-refractivity contribution < 1.29 is 13.2 Å². The Balaban J connectivity index is 2.11. The second-order valence-electron chi connectivity index (χ2n) is 4.55. The molecule has 0 radical (unpaired) electrons. The minimum atomic E-state index is -3.70. The van der Waals surface area contributed by atoms with Crippen LogP contribution in [0.2, 0.25) is 0 Å². The molecule has 0 aliphatic carbocycles. The van der Waals surface area contributed by atoms with E-state index in [2.05, 4.69) is 15.0 Å². The SMILES string of the molecule is CCn1cc(/C=N\NS(=O)(=O)c2ccc(OC)cc2)c(C)n1. The lowest BCUT2D eigenvalue weighted by Gasteiger charge is -2.04. The highest BCUT2D eigenvalue weighted by Gasteiger charge is 2.12. The van der Waals surface area contributed by atoms with Gasteiger partial charge in [-0.3, -0.25) is 4.68 Å². The van der Waals surface area contributed by atoms with Crippen molar-refractivity contribution in [2.45, 2.75) is 25.3 Å². The van der Waals surface area contributed by atoms with E-state index in [1.54, 1.807) is 23.0 Å². The predicted molar refractivity (Wildman–Crippen MR) is 83.5 cm³/mol. The van der Waals surface area contributed by atoms with Crippen molar-refractivity contribution >= 4 is 16.2 Å². The topological polar surface area (TPSA) is 85.6 Å². The van der Waals surface area contributed by atoms with Crippen LogP contribution in [0.1, 0.15) is 18.2 Å². The van der Waals surface area contributed by atoms with Crippen LogP contribution in [-0.2, 0) is 16.6 Å². The summed E-state index contributed by atoms with van der Waals surface area (Å²) >= 11 is 0. The number of hydrogen-bond acceptors (Lipinski definition) is 5. The van der Waals surface area contributed by atoms with Gasteiger partial charge in [0.05, 0.1) is 23.9 Å². The first-order valence-corrected chi connectivity index (χ1v) is 8.17. The number of sulfonamides is 1. The van der Waals surface area contributed by atoms with Crippen LogP contribution in [0, 0.1) is 6.92 Å². The first kappa shape index (κ1) is 16.0. The minimum absolute atomic E-state index is 0.117. The molecule has 0 unspecified atom stereocenters. The fraction of sp³-hybridized carbons (Fsp3) is 0.286. The van der Waals surface area contributed by atoms with E-state index in [1.807, 2.05) is 13.8 Å². The Hall–Kier alpha value is -2.35. The van der Waals surface area contributed by atoms with E-state index in [0.717, 1.165) is 17.8 Å². The summed E-state index contributed by atoms with van der Waals surface area (Å²) in [4.78, 5) is 2.30. The van der Waals surface area contributed by atoms with E-state index < -0.39 is 10.0 Å². The van der Waals surface area contributed by atoms with Crippen LogP contribution in [0.25, 0.3) is 0 Å². The number of aromatic nitrogens is 2. The summed E-state index contributed by atoms with van der Waals surface area (Å²) in [7, 11) is -2.18. The molecule has 0 aliphatic heterocycles. The zero-order chi connectivity index (χ0) is 16.2. The molecule has 2 aromatic rings. The average molecular weight is 322 g/mol.